The van der Waals surface area contributed by atoms with E-state index in [1.165, 1.54) is 12.1 Å². The van der Waals surface area contributed by atoms with Crippen LogP contribution in [0.25, 0.3) is 0 Å². The van der Waals surface area contributed by atoms with Crippen molar-refractivity contribution in [3.05, 3.63) is 35.1 Å². The summed E-state index contributed by atoms with van der Waals surface area (Å²) in [5, 5.41) is 13.9. The monoisotopic (exact) mass is 297 g/mol. The number of ether oxygens (including phenoxy) is 1. The quantitative estimate of drug-likeness (QED) is 0.222. The number of halogens is 1. The number of amides is 1. The Labute approximate surface area is 122 Å². The van der Waals surface area contributed by atoms with Crippen LogP contribution in [0, 0.1) is 5.82 Å². The molecule has 0 saturated carbocycles. The molecule has 1 aromatic carbocycles. The van der Waals surface area contributed by atoms with E-state index in [4.69, 9.17) is 15.7 Å². The van der Waals surface area contributed by atoms with E-state index in [1.807, 2.05) is 6.92 Å². The lowest BCUT2D eigenvalue weighted by Crippen LogP contribution is -2.24. The molecule has 0 aliphatic rings. The van der Waals surface area contributed by atoms with Crippen molar-refractivity contribution in [1.29, 1.82) is 0 Å². The molecule has 1 aromatic rings. The van der Waals surface area contributed by atoms with Crippen LogP contribution in [0.15, 0.2) is 23.4 Å². The van der Waals surface area contributed by atoms with Crippen molar-refractivity contribution < 1.29 is 19.1 Å². The summed E-state index contributed by atoms with van der Waals surface area (Å²) >= 11 is 0. The predicted octanol–water partition coefficient (Wildman–Crippen LogP) is 1.35. The van der Waals surface area contributed by atoms with Crippen LogP contribution in [0.1, 0.15) is 30.9 Å². The molecule has 0 bridgehead atoms. The molecular formula is C14H20FN3O3. The van der Waals surface area contributed by atoms with E-state index in [9.17, 15) is 9.18 Å². The van der Waals surface area contributed by atoms with Crippen molar-refractivity contribution in [3.63, 3.8) is 0 Å². The SMILES string of the molecule is CCCOCCC(=O)NCc1ccc(C(N)=NO)cc1F. The number of amidine groups is 1. The van der Waals surface area contributed by atoms with Crippen molar-refractivity contribution in [1.82, 2.24) is 5.32 Å². The van der Waals surface area contributed by atoms with Crippen LogP contribution in [-0.2, 0) is 16.1 Å². The lowest BCUT2D eigenvalue weighted by Gasteiger charge is -2.08. The molecule has 0 unspecified atom stereocenters. The second-order valence-corrected chi connectivity index (χ2v) is 4.43. The van der Waals surface area contributed by atoms with Crippen LogP contribution in [0.2, 0.25) is 0 Å². The number of hydrogen-bond donors (Lipinski definition) is 3. The minimum absolute atomic E-state index is 0.0783. The van der Waals surface area contributed by atoms with Gasteiger partial charge in [0.1, 0.15) is 5.82 Å². The smallest absolute Gasteiger partial charge is 0.222 e. The highest BCUT2D eigenvalue weighted by atomic mass is 19.1. The number of hydrogen-bond acceptors (Lipinski definition) is 4. The Kier molecular flexibility index (Phi) is 7.17. The third-order valence-corrected chi connectivity index (χ3v) is 2.75. The van der Waals surface area contributed by atoms with Gasteiger partial charge in [-0.3, -0.25) is 4.79 Å². The van der Waals surface area contributed by atoms with Crippen LogP contribution in [0.4, 0.5) is 4.39 Å². The van der Waals surface area contributed by atoms with E-state index >= 15 is 0 Å². The van der Waals surface area contributed by atoms with Crippen molar-refractivity contribution in [2.24, 2.45) is 10.9 Å². The first-order valence-electron chi connectivity index (χ1n) is 6.69. The number of nitrogens with zero attached hydrogens (tertiary/aromatic N) is 1. The molecule has 7 heteroatoms. The Hall–Kier alpha value is -2.15. The van der Waals surface area contributed by atoms with E-state index in [2.05, 4.69) is 10.5 Å². The van der Waals surface area contributed by atoms with Gasteiger partial charge in [-0.25, -0.2) is 4.39 Å². The van der Waals surface area contributed by atoms with Crippen molar-refractivity contribution in [3.8, 4) is 0 Å². The van der Waals surface area contributed by atoms with Gasteiger partial charge < -0.3 is 21.0 Å². The predicted molar refractivity (Wildman–Crippen MR) is 76.5 cm³/mol. The topological polar surface area (TPSA) is 96.9 Å². The molecule has 6 nitrogen and oxygen atoms in total. The number of oxime groups is 1. The highest BCUT2D eigenvalue weighted by Crippen LogP contribution is 2.10. The summed E-state index contributed by atoms with van der Waals surface area (Å²) in [4.78, 5) is 11.5. The molecule has 0 aliphatic carbocycles. The van der Waals surface area contributed by atoms with Crippen molar-refractivity contribution >= 4 is 11.7 Å². The maximum absolute atomic E-state index is 13.8. The van der Waals surface area contributed by atoms with Crippen molar-refractivity contribution in [2.45, 2.75) is 26.3 Å². The lowest BCUT2D eigenvalue weighted by molar-refractivity contribution is -0.122. The standard InChI is InChI=1S/C14H20FN3O3/c1-2-6-21-7-5-13(19)17-9-11-4-3-10(8-12(11)15)14(16)18-20/h3-4,8,20H,2,5-7,9H2,1H3,(H2,16,18)(H,17,19). The van der Waals surface area contributed by atoms with Crippen LogP contribution in [0.5, 0.6) is 0 Å². The van der Waals surface area contributed by atoms with E-state index in [-0.39, 0.29) is 30.3 Å². The Morgan fingerprint density at radius 3 is 2.86 bits per heavy atom. The first kappa shape index (κ1) is 16.9. The average molecular weight is 297 g/mol. The number of carbonyl (C=O) groups excluding carboxylic acids is 1. The molecule has 0 heterocycles. The van der Waals surface area contributed by atoms with E-state index in [0.717, 1.165) is 12.5 Å². The maximum atomic E-state index is 13.8. The zero-order chi connectivity index (χ0) is 15.7. The van der Waals surface area contributed by atoms with E-state index in [1.54, 1.807) is 0 Å². The highest BCUT2D eigenvalue weighted by Gasteiger charge is 2.08. The molecule has 0 fully saturated rings. The highest BCUT2D eigenvalue weighted by molar-refractivity contribution is 5.97. The molecule has 116 valence electrons. The zero-order valence-electron chi connectivity index (χ0n) is 11.9. The van der Waals surface area contributed by atoms with Gasteiger partial charge in [0, 0.05) is 30.7 Å². The van der Waals surface area contributed by atoms with Gasteiger partial charge in [0.25, 0.3) is 0 Å². The molecule has 1 amide bonds. The molecular weight excluding hydrogens is 277 g/mol. The van der Waals surface area contributed by atoms with Gasteiger partial charge in [0.05, 0.1) is 6.61 Å². The molecule has 0 atom stereocenters. The molecule has 1 rings (SSSR count). The molecule has 0 aliphatic heterocycles. The Balaban J connectivity index is 2.47. The number of nitrogens with two attached hydrogens (primary N) is 1. The van der Waals surface area contributed by atoms with Crippen LogP contribution in [-0.4, -0.2) is 30.2 Å². The van der Waals surface area contributed by atoms with Crippen molar-refractivity contribution in [2.75, 3.05) is 13.2 Å². The summed E-state index contributed by atoms with van der Waals surface area (Å²) in [6.07, 6.45) is 1.14. The second kappa shape index (κ2) is 8.91. The van der Waals surface area contributed by atoms with Gasteiger partial charge in [-0.1, -0.05) is 24.2 Å². The third kappa shape index (κ3) is 5.78. The van der Waals surface area contributed by atoms with Gasteiger partial charge in [-0.2, -0.15) is 0 Å². The van der Waals surface area contributed by atoms with Gasteiger partial charge in [-0.05, 0) is 12.5 Å². The maximum Gasteiger partial charge on any atom is 0.222 e. The molecule has 0 aromatic heterocycles. The lowest BCUT2D eigenvalue weighted by atomic mass is 10.1. The van der Waals surface area contributed by atoms with Gasteiger partial charge in [0.15, 0.2) is 5.84 Å². The second-order valence-electron chi connectivity index (χ2n) is 4.43. The Morgan fingerprint density at radius 1 is 1.48 bits per heavy atom. The van der Waals surface area contributed by atoms with Crippen LogP contribution >= 0.6 is 0 Å². The summed E-state index contributed by atoms with van der Waals surface area (Å²) in [5.41, 5.74) is 5.97. The molecule has 0 spiro atoms. The Bertz CT molecular complexity index is 506. The van der Waals surface area contributed by atoms with Gasteiger partial charge in [0.2, 0.25) is 5.91 Å². The molecule has 21 heavy (non-hydrogen) atoms. The number of benzene rings is 1. The molecule has 0 saturated heterocycles. The van der Waals surface area contributed by atoms with Crippen LogP contribution in [0.3, 0.4) is 0 Å². The largest absolute Gasteiger partial charge is 0.409 e. The first-order chi connectivity index (χ1) is 10.1. The minimum atomic E-state index is -0.526. The van der Waals surface area contributed by atoms with Crippen LogP contribution < -0.4 is 11.1 Å². The van der Waals surface area contributed by atoms with E-state index in [0.29, 0.717) is 18.8 Å². The number of nitrogens with one attached hydrogen (secondary N) is 1. The van der Waals surface area contributed by atoms with E-state index < -0.39 is 5.82 Å². The molecule has 4 N–H and O–H groups in total. The first-order valence-corrected chi connectivity index (χ1v) is 6.69. The molecule has 0 radical (unpaired) electrons. The summed E-state index contributed by atoms with van der Waals surface area (Å²) in [6.45, 7) is 3.04. The average Bonchev–Trinajstić information content (AvgIpc) is 2.49. The fraction of sp³-hybridized carbons (Fsp3) is 0.429. The minimum Gasteiger partial charge on any atom is -0.409 e. The third-order valence-electron chi connectivity index (χ3n) is 2.75. The zero-order valence-corrected chi connectivity index (χ0v) is 11.9. The van der Waals surface area contributed by atoms with Gasteiger partial charge >= 0.3 is 0 Å². The summed E-state index contributed by atoms with van der Waals surface area (Å²) in [5.74, 6) is -0.898. The number of carbonyl (C=O) groups is 1. The summed E-state index contributed by atoms with van der Waals surface area (Å²) in [6, 6.07) is 4.15. The fourth-order valence-electron chi connectivity index (χ4n) is 1.60. The number of rotatable bonds is 8. The Morgan fingerprint density at radius 2 is 2.24 bits per heavy atom. The normalized spacial score (nSPS) is 11.4. The summed E-state index contributed by atoms with van der Waals surface area (Å²) in [7, 11) is 0. The van der Waals surface area contributed by atoms with Gasteiger partial charge in [-0.15, -0.1) is 0 Å². The summed E-state index contributed by atoms with van der Waals surface area (Å²) < 4.78 is 19.0. The fourth-order valence-corrected chi connectivity index (χ4v) is 1.60.